The Morgan fingerprint density at radius 2 is 2.14 bits per heavy atom. The lowest BCUT2D eigenvalue weighted by Gasteiger charge is -2.22. The van der Waals surface area contributed by atoms with Gasteiger partial charge >= 0.3 is 0 Å². The Labute approximate surface area is 131 Å². The second kappa shape index (κ2) is 7.34. The summed E-state index contributed by atoms with van der Waals surface area (Å²) in [5.74, 6) is 1.29. The van der Waals surface area contributed by atoms with Crippen molar-refractivity contribution in [2.75, 3.05) is 7.11 Å². The van der Waals surface area contributed by atoms with E-state index < -0.39 is 6.10 Å². The Bertz CT molecular complexity index is 479. The van der Waals surface area contributed by atoms with Crippen LogP contribution in [0.15, 0.2) is 12.1 Å². The molecular formula is C16H24ClNO3. The second-order valence-electron chi connectivity index (χ2n) is 5.79. The van der Waals surface area contributed by atoms with Gasteiger partial charge in [-0.05, 0) is 25.3 Å². The van der Waals surface area contributed by atoms with Crippen LogP contribution in [0.5, 0.6) is 11.5 Å². The van der Waals surface area contributed by atoms with Crippen molar-refractivity contribution in [2.24, 2.45) is 0 Å². The van der Waals surface area contributed by atoms with Crippen molar-refractivity contribution < 1.29 is 14.6 Å². The highest BCUT2D eigenvalue weighted by Gasteiger charge is 2.29. The van der Waals surface area contributed by atoms with E-state index in [2.05, 4.69) is 19.2 Å². The van der Waals surface area contributed by atoms with Crippen LogP contribution in [0.25, 0.3) is 0 Å². The molecule has 1 aromatic rings. The third-order valence-corrected chi connectivity index (χ3v) is 3.92. The van der Waals surface area contributed by atoms with Crippen LogP contribution in [0.2, 0.25) is 5.02 Å². The number of hydrogen-bond acceptors (Lipinski definition) is 4. The molecule has 1 aliphatic rings. The molecule has 2 atom stereocenters. The highest BCUT2D eigenvalue weighted by molar-refractivity contribution is 6.30. The zero-order valence-electron chi connectivity index (χ0n) is 12.9. The summed E-state index contributed by atoms with van der Waals surface area (Å²) >= 11 is 6.15. The summed E-state index contributed by atoms with van der Waals surface area (Å²) in [6.45, 7) is 4.82. The monoisotopic (exact) mass is 313 g/mol. The van der Waals surface area contributed by atoms with Gasteiger partial charge in [0.1, 0.15) is 6.10 Å². The molecule has 21 heavy (non-hydrogen) atoms. The van der Waals surface area contributed by atoms with Crippen LogP contribution in [-0.4, -0.2) is 30.5 Å². The van der Waals surface area contributed by atoms with Crippen molar-refractivity contribution in [2.45, 2.75) is 57.9 Å². The highest BCUT2D eigenvalue weighted by Crippen LogP contribution is 2.37. The van der Waals surface area contributed by atoms with Gasteiger partial charge in [-0.1, -0.05) is 25.4 Å². The number of aliphatic hydroxyl groups excluding tert-OH is 1. The number of methoxy groups -OCH3 is 1. The Hall–Kier alpha value is -0.970. The largest absolute Gasteiger partial charge is 0.493 e. The van der Waals surface area contributed by atoms with E-state index in [9.17, 15) is 5.11 Å². The minimum atomic E-state index is -0.406. The summed E-state index contributed by atoms with van der Waals surface area (Å²) in [6, 6.07) is 3.99. The highest BCUT2D eigenvalue weighted by atomic mass is 35.5. The minimum Gasteiger partial charge on any atom is -0.493 e. The molecule has 0 heterocycles. The summed E-state index contributed by atoms with van der Waals surface area (Å²) in [5, 5.41) is 13.9. The number of ether oxygens (including phenoxy) is 2. The number of nitrogens with one attached hydrogen (secondary N) is 1. The van der Waals surface area contributed by atoms with Gasteiger partial charge in [-0.25, -0.2) is 0 Å². The molecule has 0 aliphatic heterocycles. The van der Waals surface area contributed by atoms with E-state index in [1.165, 1.54) is 0 Å². The van der Waals surface area contributed by atoms with E-state index in [0.29, 0.717) is 29.1 Å². The number of rotatable bonds is 6. The Kier molecular flexibility index (Phi) is 5.73. The van der Waals surface area contributed by atoms with E-state index in [4.69, 9.17) is 21.1 Å². The maximum absolute atomic E-state index is 9.97. The molecule has 0 radical (unpaired) electrons. The van der Waals surface area contributed by atoms with Crippen molar-refractivity contribution in [1.82, 2.24) is 5.32 Å². The van der Waals surface area contributed by atoms with Gasteiger partial charge in [-0.2, -0.15) is 0 Å². The molecule has 2 unspecified atom stereocenters. The van der Waals surface area contributed by atoms with Crippen molar-refractivity contribution in [3.8, 4) is 11.5 Å². The first-order chi connectivity index (χ1) is 10.0. The molecule has 0 saturated heterocycles. The van der Waals surface area contributed by atoms with Gasteiger partial charge in [0.2, 0.25) is 0 Å². The number of hydrogen-bond donors (Lipinski definition) is 2. The van der Waals surface area contributed by atoms with Crippen molar-refractivity contribution in [3.05, 3.63) is 22.7 Å². The molecule has 0 bridgehead atoms. The molecule has 5 heteroatoms. The predicted octanol–water partition coefficient (Wildman–Crippen LogP) is 3.14. The molecule has 4 nitrogen and oxygen atoms in total. The minimum absolute atomic E-state index is 0.169. The predicted molar refractivity (Wildman–Crippen MR) is 84.3 cm³/mol. The summed E-state index contributed by atoms with van der Waals surface area (Å²) < 4.78 is 11.5. The molecule has 0 spiro atoms. The summed E-state index contributed by atoms with van der Waals surface area (Å²) in [5.41, 5.74) is 0.951. The average Bonchev–Trinajstić information content (AvgIpc) is 2.83. The molecule has 1 aliphatic carbocycles. The molecule has 2 N–H and O–H groups in total. The molecule has 0 aromatic heterocycles. The first-order valence-electron chi connectivity index (χ1n) is 7.45. The van der Waals surface area contributed by atoms with Gasteiger partial charge in [-0.3, -0.25) is 0 Å². The fraction of sp³-hybridized carbons (Fsp3) is 0.625. The summed E-state index contributed by atoms with van der Waals surface area (Å²) in [6.07, 6.45) is 2.07. The fourth-order valence-electron chi connectivity index (χ4n) is 2.55. The first-order valence-corrected chi connectivity index (χ1v) is 7.83. The van der Waals surface area contributed by atoms with Gasteiger partial charge in [-0.15, -0.1) is 0 Å². The zero-order valence-corrected chi connectivity index (χ0v) is 13.6. The van der Waals surface area contributed by atoms with Crippen molar-refractivity contribution >= 4 is 11.6 Å². The van der Waals surface area contributed by atoms with Crippen LogP contribution in [0.3, 0.4) is 0 Å². The van der Waals surface area contributed by atoms with Crippen LogP contribution in [0.4, 0.5) is 0 Å². The van der Waals surface area contributed by atoms with Gasteiger partial charge in [0, 0.05) is 29.2 Å². The van der Waals surface area contributed by atoms with E-state index in [0.717, 1.165) is 24.8 Å². The van der Waals surface area contributed by atoms with Gasteiger partial charge in [0.05, 0.1) is 13.2 Å². The fourth-order valence-corrected chi connectivity index (χ4v) is 2.78. The normalized spacial score (nSPS) is 21.8. The van der Waals surface area contributed by atoms with Crippen LogP contribution >= 0.6 is 11.6 Å². The van der Waals surface area contributed by atoms with E-state index >= 15 is 0 Å². The molecule has 1 saturated carbocycles. The summed E-state index contributed by atoms with van der Waals surface area (Å²) in [4.78, 5) is 0. The van der Waals surface area contributed by atoms with Gasteiger partial charge in [0.25, 0.3) is 0 Å². The summed E-state index contributed by atoms with van der Waals surface area (Å²) in [7, 11) is 1.60. The lowest BCUT2D eigenvalue weighted by Crippen LogP contribution is -2.27. The van der Waals surface area contributed by atoms with Crippen LogP contribution < -0.4 is 14.8 Å². The third-order valence-electron chi connectivity index (χ3n) is 3.70. The maximum atomic E-state index is 9.97. The molecule has 2 rings (SSSR count). The number of halogens is 1. The van der Waals surface area contributed by atoms with E-state index in [1.807, 2.05) is 6.07 Å². The Morgan fingerprint density at radius 3 is 2.71 bits per heavy atom. The van der Waals surface area contributed by atoms with Gasteiger partial charge < -0.3 is 19.9 Å². The lowest BCUT2D eigenvalue weighted by atomic mass is 10.1. The Balaban J connectivity index is 2.26. The molecule has 1 aromatic carbocycles. The van der Waals surface area contributed by atoms with Crippen molar-refractivity contribution in [1.29, 1.82) is 0 Å². The number of aliphatic hydroxyl groups is 1. The SMILES string of the molecule is COc1cc(Cl)cc(CNC(C)C)c1OC1CCCC1O. The lowest BCUT2D eigenvalue weighted by molar-refractivity contribution is 0.0579. The van der Waals surface area contributed by atoms with E-state index in [-0.39, 0.29) is 6.10 Å². The standard InChI is InChI=1S/C16H24ClNO3/c1-10(2)18-9-11-7-12(17)8-15(20-3)16(11)21-14-6-4-5-13(14)19/h7-8,10,13-14,18-19H,4-6,9H2,1-3H3. The average molecular weight is 314 g/mol. The first kappa shape index (κ1) is 16.4. The molecule has 118 valence electrons. The smallest absolute Gasteiger partial charge is 0.166 e. The van der Waals surface area contributed by atoms with Crippen LogP contribution in [-0.2, 0) is 6.54 Å². The maximum Gasteiger partial charge on any atom is 0.166 e. The molecular weight excluding hydrogens is 290 g/mol. The van der Waals surface area contributed by atoms with Gasteiger partial charge in [0.15, 0.2) is 11.5 Å². The number of benzene rings is 1. The molecule has 1 fully saturated rings. The second-order valence-corrected chi connectivity index (χ2v) is 6.22. The van der Waals surface area contributed by atoms with E-state index in [1.54, 1.807) is 13.2 Å². The zero-order chi connectivity index (χ0) is 15.4. The quantitative estimate of drug-likeness (QED) is 0.847. The van der Waals surface area contributed by atoms with Crippen molar-refractivity contribution in [3.63, 3.8) is 0 Å². The topological polar surface area (TPSA) is 50.7 Å². The molecule has 0 amide bonds. The third kappa shape index (κ3) is 4.25. The Morgan fingerprint density at radius 1 is 1.38 bits per heavy atom. The van der Waals surface area contributed by atoms with Crippen LogP contribution in [0.1, 0.15) is 38.7 Å². The van der Waals surface area contributed by atoms with Crippen LogP contribution in [0, 0.1) is 0 Å².